The zero-order valence-electron chi connectivity index (χ0n) is 16.6. The summed E-state index contributed by atoms with van der Waals surface area (Å²) in [4.78, 5) is 12.9. The molecule has 154 valence electrons. The van der Waals surface area contributed by atoms with Crippen LogP contribution in [0, 0.1) is 0 Å². The van der Waals surface area contributed by atoms with Gasteiger partial charge in [0.1, 0.15) is 5.69 Å². The van der Waals surface area contributed by atoms with E-state index in [9.17, 15) is 13.2 Å². The summed E-state index contributed by atoms with van der Waals surface area (Å²) in [6.07, 6.45) is 0. The summed E-state index contributed by atoms with van der Waals surface area (Å²) < 4.78 is 28.7. The molecule has 0 bridgehead atoms. The van der Waals surface area contributed by atoms with Gasteiger partial charge in [0.15, 0.2) is 0 Å². The van der Waals surface area contributed by atoms with E-state index in [0.717, 1.165) is 11.1 Å². The highest BCUT2D eigenvalue weighted by molar-refractivity contribution is 7.89. The minimum absolute atomic E-state index is 0.229. The van der Waals surface area contributed by atoms with E-state index in [1.807, 2.05) is 26.0 Å². The minimum Gasteiger partial charge on any atom is -0.347 e. The lowest BCUT2D eigenvalue weighted by Gasteiger charge is -2.18. The summed E-state index contributed by atoms with van der Waals surface area (Å²) in [5.41, 5.74) is 2.20. The third kappa shape index (κ3) is 4.32. The number of aryl methyl sites for hydroxylation is 1. The van der Waals surface area contributed by atoms with Gasteiger partial charge in [0, 0.05) is 42.6 Å². The molecule has 0 saturated heterocycles. The van der Waals surface area contributed by atoms with Crippen LogP contribution in [0.3, 0.4) is 0 Å². The highest BCUT2D eigenvalue weighted by Crippen LogP contribution is 2.24. The average Bonchev–Trinajstić information content (AvgIpc) is 3.04. The number of amides is 1. The lowest BCUT2D eigenvalue weighted by atomic mass is 10.2. The Morgan fingerprint density at radius 1 is 1.07 bits per heavy atom. The van der Waals surface area contributed by atoms with Crippen molar-refractivity contribution in [3.8, 4) is 0 Å². The topological polar surface area (TPSA) is 71.4 Å². The normalized spacial score (nSPS) is 11.9. The third-order valence-corrected chi connectivity index (χ3v) is 7.25. The van der Waals surface area contributed by atoms with E-state index in [1.165, 1.54) is 4.31 Å². The van der Waals surface area contributed by atoms with Crippen molar-refractivity contribution < 1.29 is 13.2 Å². The van der Waals surface area contributed by atoms with E-state index in [4.69, 9.17) is 11.6 Å². The quantitative estimate of drug-likeness (QED) is 0.616. The van der Waals surface area contributed by atoms with Gasteiger partial charge in [-0.3, -0.25) is 4.79 Å². The molecule has 0 saturated carbocycles. The minimum atomic E-state index is -3.55. The number of sulfonamides is 1. The predicted molar refractivity (Wildman–Crippen MR) is 116 cm³/mol. The van der Waals surface area contributed by atoms with Gasteiger partial charge in [-0.05, 0) is 42.0 Å². The maximum absolute atomic E-state index is 12.8. The molecule has 0 spiro atoms. The molecule has 0 aliphatic rings. The van der Waals surface area contributed by atoms with E-state index >= 15 is 0 Å². The molecule has 0 radical (unpaired) electrons. The standard InChI is InChI=1S/C21H24ClN3O3S/c1-4-25(5-2)29(27,28)18-10-11-19-16(12-18)13-20(24(19)3)21(26)23-14-15-6-8-17(22)9-7-15/h6-13H,4-5,14H2,1-3H3,(H,23,26). The van der Waals surface area contributed by atoms with Crippen LogP contribution in [-0.2, 0) is 23.6 Å². The van der Waals surface area contributed by atoms with Crippen LogP contribution >= 0.6 is 11.6 Å². The lowest BCUT2D eigenvalue weighted by Crippen LogP contribution is -2.30. The van der Waals surface area contributed by atoms with Gasteiger partial charge >= 0.3 is 0 Å². The summed E-state index contributed by atoms with van der Waals surface area (Å²) in [5, 5.41) is 4.24. The number of benzene rings is 2. The van der Waals surface area contributed by atoms with E-state index < -0.39 is 10.0 Å². The second-order valence-corrected chi connectivity index (χ2v) is 9.08. The Balaban J connectivity index is 1.87. The van der Waals surface area contributed by atoms with Crippen molar-refractivity contribution in [1.82, 2.24) is 14.2 Å². The number of nitrogens with one attached hydrogen (secondary N) is 1. The number of carbonyl (C=O) groups excluding carboxylic acids is 1. The van der Waals surface area contributed by atoms with Crippen LogP contribution in [0.25, 0.3) is 10.9 Å². The van der Waals surface area contributed by atoms with Crippen LogP contribution in [0.5, 0.6) is 0 Å². The number of rotatable bonds is 7. The molecular weight excluding hydrogens is 410 g/mol. The Labute approximate surface area is 176 Å². The number of carbonyl (C=O) groups is 1. The largest absolute Gasteiger partial charge is 0.347 e. The molecule has 3 aromatic rings. The van der Waals surface area contributed by atoms with Crippen LogP contribution in [0.4, 0.5) is 0 Å². The molecule has 0 aliphatic heterocycles. The zero-order valence-corrected chi connectivity index (χ0v) is 18.2. The maximum atomic E-state index is 12.8. The summed E-state index contributed by atoms with van der Waals surface area (Å²) in [7, 11) is -1.76. The van der Waals surface area contributed by atoms with E-state index in [1.54, 1.807) is 48.0 Å². The highest BCUT2D eigenvalue weighted by atomic mass is 35.5. The van der Waals surface area contributed by atoms with Gasteiger partial charge < -0.3 is 9.88 Å². The van der Waals surface area contributed by atoms with Crippen molar-refractivity contribution in [1.29, 1.82) is 0 Å². The monoisotopic (exact) mass is 433 g/mol. The lowest BCUT2D eigenvalue weighted by molar-refractivity contribution is 0.0943. The van der Waals surface area contributed by atoms with Gasteiger partial charge in [0.2, 0.25) is 10.0 Å². The first kappa shape index (κ1) is 21.4. The molecule has 6 nitrogen and oxygen atoms in total. The molecular formula is C21H24ClN3O3S. The fourth-order valence-electron chi connectivity index (χ4n) is 3.29. The molecule has 3 rings (SSSR count). The summed E-state index contributed by atoms with van der Waals surface area (Å²) in [6.45, 7) is 4.81. The molecule has 0 aliphatic carbocycles. The number of nitrogens with zero attached hydrogens (tertiary/aromatic N) is 2. The molecule has 1 heterocycles. The number of hydrogen-bond acceptors (Lipinski definition) is 3. The molecule has 1 aromatic heterocycles. The maximum Gasteiger partial charge on any atom is 0.268 e. The molecule has 0 atom stereocenters. The van der Waals surface area contributed by atoms with Crippen LogP contribution in [0.15, 0.2) is 53.4 Å². The third-order valence-electron chi connectivity index (χ3n) is 4.96. The van der Waals surface area contributed by atoms with Gasteiger partial charge in [-0.25, -0.2) is 8.42 Å². The average molecular weight is 434 g/mol. The Kier molecular flexibility index (Phi) is 6.31. The first-order chi connectivity index (χ1) is 13.8. The molecule has 2 aromatic carbocycles. The van der Waals surface area contributed by atoms with Gasteiger partial charge in [-0.15, -0.1) is 0 Å². The molecule has 1 amide bonds. The summed E-state index contributed by atoms with van der Waals surface area (Å²) >= 11 is 5.88. The molecule has 8 heteroatoms. The molecule has 0 fully saturated rings. The second-order valence-electron chi connectivity index (χ2n) is 6.71. The van der Waals surface area contributed by atoms with Crippen molar-refractivity contribution in [2.45, 2.75) is 25.3 Å². The predicted octanol–water partition coefficient (Wildman–Crippen LogP) is 3.79. The van der Waals surface area contributed by atoms with Crippen molar-refractivity contribution in [3.63, 3.8) is 0 Å². The first-order valence-electron chi connectivity index (χ1n) is 9.40. The van der Waals surface area contributed by atoms with Crippen molar-refractivity contribution in [3.05, 3.63) is 64.8 Å². The van der Waals surface area contributed by atoms with Crippen LogP contribution in [-0.4, -0.2) is 36.3 Å². The number of halogens is 1. The number of aromatic nitrogens is 1. The van der Waals surface area contributed by atoms with Gasteiger partial charge in [-0.1, -0.05) is 37.6 Å². The second kappa shape index (κ2) is 8.57. The van der Waals surface area contributed by atoms with Gasteiger partial charge in [0.25, 0.3) is 5.91 Å². The zero-order chi connectivity index (χ0) is 21.2. The summed E-state index contributed by atoms with van der Waals surface area (Å²) in [6, 6.07) is 13.9. The van der Waals surface area contributed by atoms with Gasteiger partial charge in [0.05, 0.1) is 4.90 Å². The van der Waals surface area contributed by atoms with E-state index in [-0.39, 0.29) is 10.8 Å². The fraction of sp³-hybridized carbons (Fsp3) is 0.286. The molecule has 1 N–H and O–H groups in total. The summed E-state index contributed by atoms with van der Waals surface area (Å²) in [5.74, 6) is -0.230. The van der Waals surface area contributed by atoms with E-state index in [0.29, 0.717) is 35.7 Å². The first-order valence-corrected chi connectivity index (χ1v) is 11.2. The van der Waals surface area contributed by atoms with Crippen molar-refractivity contribution in [2.75, 3.05) is 13.1 Å². The Hall–Kier alpha value is -2.35. The number of hydrogen-bond donors (Lipinski definition) is 1. The van der Waals surface area contributed by atoms with Crippen molar-refractivity contribution in [2.24, 2.45) is 7.05 Å². The Morgan fingerprint density at radius 3 is 2.34 bits per heavy atom. The Morgan fingerprint density at radius 2 is 1.72 bits per heavy atom. The van der Waals surface area contributed by atoms with Crippen LogP contribution in [0.2, 0.25) is 5.02 Å². The Bertz CT molecular complexity index is 1130. The van der Waals surface area contributed by atoms with Gasteiger partial charge in [-0.2, -0.15) is 4.31 Å². The molecule has 0 unspecified atom stereocenters. The number of fused-ring (bicyclic) bond motifs is 1. The van der Waals surface area contributed by atoms with Crippen LogP contribution < -0.4 is 5.32 Å². The smallest absolute Gasteiger partial charge is 0.268 e. The SMILES string of the molecule is CCN(CC)S(=O)(=O)c1ccc2c(c1)cc(C(=O)NCc1ccc(Cl)cc1)n2C. The van der Waals surface area contributed by atoms with Crippen LogP contribution in [0.1, 0.15) is 29.9 Å². The van der Waals surface area contributed by atoms with Crippen molar-refractivity contribution >= 4 is 38.4 Å². The van der Waals surface area contributed by atoms with E-state index in [2.05, 4.69) is 5.32 Å². The highest BCUT2D eigenvalue weighted by Gasteiger charge is 2.23. The fourth-order valence-corrected chi connectivity index (χ4v) is 4.91. The molecule has 29 heavy (non-hydrogen) atoms.